The summed E-state index contributed by atoms with van der Waals surface area (Å²) in [6.07, 6.45) is 11.6. The van der Waals surface area contributed by atoms with Crippen LogP contribution in [0.15, 0.2) is 71.6 Å². The van der Waals surface area contributed by atoms with Crippen LogP contribution in [0.25, 0.3) is 12.2 Å². The molecule has 0 aliphatic heterocycles. The van der Waals surface area contributed by atoms with Crippen molar-refractivity contribution in [1.82, 2.24) is 4.73 Å². The van der Waals surface area contributed by atoms with Gasteiger partial charge in [-0.2, -0.15) is 8.42 Å². The first-order valence-electron chi connectivity index (χ1n) is 7.55. The van der Waals surface area contributed by atoms with Crippen LogP contribution in [0.5, 0.6) is 0 Å². The third-order valence-corrected chi connectivity index (χ3v) is 3.48. The highest BCUT2D eigenvalue weighted by Crippen LogP contribution is 2.04. The van der Waals surface area contributed by atoms with E-state index in [4.69, 9.17) is 4.28 Å². The van der Waals surface area contributed by atoms with Gasteiger partial charge in [0.15, 0.2) is 0 Å². The fraction of sp³-hybridized carbons (Fsp3) is 0.105. The van der Waals surface area contributed by atoms with Crippen molar-refractivity contribution in [1.29, 1.82) is 0 Å². The Morgan fingerprint density at radius 2 is 1.60 bits per heavy atom. The van der Waals surface area contributed by atoms with Gasteiger partial charge in [-0.25, -0.2) is 0 Å². The number of rotatable bonds is 6. The first kappa shape index (κ1) is 18.5. The summed E-state index contributed by atoms with van der Waals surface area (Å²) < 4.78 is 28.1. The molecule has 0 N–H and O–H groups in total. The summed E-state index contributed by atoms with van der Waals surface area (Å²) in [7, 11) is -3.80. The van der Waals surface area contributed by atoms with Crippen molar-refractivity contribution in [3.63, 3.8) is 0 Å². The summed E-state index contributed by atoms with van der Waals surface area (Å²) in [4.78, 5) is 11.9. The van der Waals surface area contributed by atoms with Gasteiger partial charge in [0.25, 0.3) is 5.56 Å². The van der Waals surface area contributed by atoms with Crippen LogP contribution < -0.4 is 9.84 Å². The third kappa shape index (κ3) is 6.27. The van der Waals surface area contributed by atoms with E-state index >= 15 is 0 Å². The maximum Gasteiger partial charge on any atom is 0.324 e. The predicted octanol–water partition coefficient (Wildman–Crippen LogP) is 2.83. The Bertz CT molecular complexity index is 968. The van der Waals surface area contributed by atoms with E-state index in [9.17, 15) is 13.2 Å². The van der Waals surface area contributed by atoms with Gasteiger partial charge in [0.1, 0.15) is 0 Å². The Hall–Kier alpha value is -2.86. The zero-order chi connectivity index (χ0) is 18.3. The van der Waals surface area contributed by atoms with Gasteiger partial charge in [-0.05, 0) is 30.2 Å². The molecule has 25 heavy (non-hydrogen) atoms. The molecule has 0 saturated heterocycles. The molecule has 0 bridgehead atoms. The molecule has 5 nitrogen and oxygen atoms in total. The maximum absolute atomic E-state index is 11.9. The van der Waals surface area contributed by atoms with Crippen LogP contribution in [0.4, 0.5) is 0 Å². The molecule has 0 spiro atoms. The molecular formula is C19H19NO4S. The lowest BCUT2D eigenvalue weighted by Crippen LogP contribution is -2.31. The number of aryl methyl sites for hydroxylation is 1. The summed E-state index contributed by atoms with van der Waals surface area (Å²) in [5, 5.41) is 0. The minimum absolute atomic E-state index is 0.340. The summed E-state index contributed by atoms with van der Waals surface area (Å²) >= 11 is 0. The monoisotopic (exact) mass is 357 g/mol. The molecule has 1 heterocycles. The average Bonchev–Trinajstić information content (AvgIpc) is 2.54. The van der Waals surface area contributed by atoms with E-state index in [1.54, 1.807) is 31.2 Å². The van der Waals surface area contributed by atoms with Crippen molar-refractivity contribution in [2.45, 2.75) is 6.92 Å². The number of hydrogen-bond donors (Lipinski definition) is 0. The molecule has 1 aromatic carbocycles. The van der Waals surface area contributed by atoms with Crippen molar-refractivity contribution >= 4 is 22.3 Å². The molecule has 1 aromatic heterocycles. The standard InChI is InChI=1S/C19H19NO4S/c1-16-14-18(20(19(21)15-16)24-25(2,22)23)13-9-4-3-6-10-17-11-7-5-8-12-17/h3-15H,1-2H3. The van der Waals surface area contributed by atoms with Crippen molar-refractivity contribution in [3.05, 3.63) is 93.9 Å². The van der Waals surface area contributed by atoms with Crippen LogP contribution in [-0.4, -0.2) is 19.4 Å². The van der Waals surface area contributed by atoms with Gasteiger partial charge in [-0.1, -0.05) is 60.7 Å². The molecule has 0 aliphatic rings. The largest absolute Gasteiger partial charge is 0.324 e. The minimum atomic E-state index is -3.80. The third-order valence-electron chi connectivity index (χ3n) is 3.06. The number of allylic oxidation sites excluding steroid dienone is 4. The first-order valence-corrected chi connectivity index (χ1v) is 9.37. The number of benzene rings is 1. The van der Waals surface area contributed by atoms with Crippen LogP contribution >= 0.6 is 0 Å². The first-order chi connectivity index (χ1) is 11.8. The van der Waals surface area contributed by atoms with Crippen molar-refractivity contribution < 1.29 is 12.7 Å². The summed E-state index contributed by atoms with van der Waals surface area (Å²) in [5.74, 6) is 0. The SMILES string of the molecule is Cc1cc(C=CC=CC=Cc2ccccc2)n(OS(C)(=O)=O)c(=O)c1. The molecule has 6 heteroatoms. The van der Waals surface area contributed by atoms with Gasteiger partial charge in [-0.3, -0.25) is 9.08 Å². The fourth-order valence-corrected chi connectivity index (χ4v) is 2.49. The van der Waals surface area contributed by atoms with Crippen LogP contribution in [0.2, 0.25) is 0 Å². The quantitative estimate of drug-likeness (QED) is 0.746. The molecule has 0 unspecified atom stereocenters. The average molecular weight is 357 g/mol. The summed E-state index contributed by atoms with van der Waals surface area (Å²) in [6.45, 7) is 1.75. The number of nitrogens with zero attached hydrogens (tertiary/aromatic N) is 1. The van der Waals surface area contributed by atoms with Crippen LogP contribution in [0, 0.1) is 6.92 Å². The molecule has 0 saturated carbocycles. The topological polar surface area (TPSA) is 65.4 Å². The van der Waals surface area contributed by atoms with Crippen molar-refractivity contribution in [2.75, 3.05) is 6.26 Å². The lowest BCUT2D eigenvalue weighted by atomic mass is 10.2. The van der Waals surface area contributed by atoms with E-state index in [1.807, 2.05) is 48.6 Å². The van der Waals surface area contributed by atoms with Gasteiger partial charge >= 0.3 is 10.1 Å². The van der Waals surface area contributed by atoms with E-state index < -0.39 is 15.7 Å². The normalized spacial score (nSPS) is 12.4. The molecule has 0 fully saturated rings. The number of hydrogen-bond acceptors (Lipinski definition) is 4. The van der Waals surface area contributed by atoms with Gasteiger partial charge in [0, 0.05) is 6.07 Å². The van der Waals surface area contributed by atoms with Crippen molar-refractivity contribution in [2.24, 2.45) is 0 Å². The molecule has 0 atom stereocenters. The molecule has 0 aliphatic carbocycles. The highest BCUT2D eigenvalue weighted by atomic mass is 32.2. The van der Waals surface area contributed by atoms with Crippen LogP contribution in [0.3, 0.4) is 0 Å². The summed E-state index contributed by atoms with van der Waals surface area (Å²) in [5.41, 5.74) is 1.60. The molecule has 0 radical (unpaired) electrons. The lowest BCUT2D eigenvalue weighted by molar-refractivity contribution is 0.267. The van der Waals surface area contributed by atoms with E-state index in [1.165, 1.54) is 6.07 Å². The Morgan fingerprint density at radius 1 is 0.960 bits per heavy atom. The fourth-order valence-electron chi connectivity index (χ4n) is 2.06. The Morgan fingerprint density at radius 3 is 2.24 bits per heavy atom. The Labute approximate surface area is 147 Å². The van der Waals surface area contributed by atoms with Gasteiger partial charge < -0.3 is 0 Å². The molecule has 130 valence electrons. The van der Waals surface area contributed by atoms with Gasteiger partial charge in [0.2, 0.25) is 0 Å². The summed E-state index contributed by atoms with van der Waals surface area (Å²) in [6, 6.07) is 12.8. The second-order valence-corrected chi connectivity index (χ2v) is 6.94. The smallest absolute Gasteiger partial charge is 0.284 e. The lowest BCUT2D eigenvalue weighted by Gasteiger charge is -2.09. The van der Waals surface area contributed by atoms with E-state index in [-0.39, 0.29) is 0 Å². The Kier molecular flexibility index (Phi) is 6.14. The maximum atomic E-state index is 11.9. The van der Waals surface area contributed by atoms with Crippen LogP contribution in [-0.2, 0) is 10.1 Å². The second kappa shape index (κ2) is 8.30. The Balaban J connectivity index is 2.16. The predicted molar refractivity (Wildman–Crippen MR) is 101 cm³/mol. The number of aromatic nitrogens is 1. The minimum Gasteiger partial charge on any atom is -0.284 e. The highest BCUT2D eigenvalue weighted by Gasteiger charge is 2.09. The van der Waals surface area contributed by atoms with Crippen molar-refractivity contribution in [3.8, 4) is 0 Å². The van der Waals surface area contributed by atoms with E-state index in [0.717, 1.165) is 16.5 Å². The molecule has 2 aromatic rings. The zero-order valence-electron chi connectivity index (χ0n) is 14.0. The zero-order valence-corrected chi connectivity index (χ0v) is 14.8. The van der Waals surface area contributed by atoms with E-state index in [0.29, 0.717) is 11.3 Å². The van der Waals surface area contributed by atoms with E-state index in [2.05, 4.69) is 0 Å². The molecule has 2 rings (SSSR count). The van der Waals surface area contributed by atoms with Gasteiger partial charge in [0.05, 0.1) is 11.9 Å². The molecule has 0 amide bonds. The highest BCUT2D eigenvalue weighted by molar-refractivity contribution is 7.86. The second-order valence-electron chi connectivity index (χ2n) is 5.38. The van der Waals surface area contributed by atoms with Gasteiger partial charge in [-0.15, -0.1) is 4.73 Å². The van der Waals surface area contributed by atoms with Crippen LogP contribution in [0.1, 0.15) is 16.8 Å². The molecular weight excluding hydrogens is 338 g/mol. The number of pyridine rings is 1.